The third-order valence-corrected chi connectivity index (χ3v) is 7.05. The molecule has 0 fully saturated rings. The first-order chi connectivity index (χ1) is 16.6. The molecule has 2 heterocycles. The first-order valence-electron chi connectivity index (χ1n) is 13.2. The van der Waals surface area contributed by atoms with Gasteiger partial charge in [0.2, 0.25) is 5.91 Å². The fourth-order valence-corrected chi connectivity index (χ4v) is 4.34. The summed E-state index contributed by atoms with van der Waals surface area (Å²) in [6.07, 6.45) is 16.8. The number of amides is 1. The van der Waals surface area contributed by atoms with Gasteiger partial charge in [0, 0.05) is 25.1 Å². The zero-order chi connectivity index (χ0) is 26.0. The summed E-state index contributed by atoms with van der Waals surface area (Å²) in [4.78, 5) is 26.0. The maximum atomic E-state index is 12.5. The number of rotatable bonds is 14. The Hall–Kier alpha value is -2.56. The molecule has 1 amide bonds. The second kappa shape index (κ2) is 14.1. The lowest BCUT2D eigenvalue weighted by Crippen LogP contribution is -2.31. The Labute approximate surface area is 212 Å². The number of ether oxygens (including phenoxy) is 1. The van der Waals surface area contributed by atoms with Gasteiger partial charge in [-0.3, -0.25) is 4.79 Å². The molecule has 1 N–H and O–H groups in total. The van der Waals surface area contributed by atoms with Crippen molar-refractivity contribution in [2.24, 2.45) is 11.8 Å². The van der Waals surface area contributed by atoms with Gasteiger partial charge in [-0.1, -0.05) is 68.7 Å². The van der Waals surface area contributed by atoms with Crippen molar-refractivity contribution >= 4 is 11.9 Å². The Morgan fingerprint density at radius 1 is 1.26 bits per heavy atom. The Balaban J connectivity index is 1.65. The fraction of sp³-hybridized carbons (Fsp3) is 0.600. The third kappa shape index (κ3) is 9.19. The van der Waals surface area contributed by atoms with Crippen LogP contribution in [0.25, 0.3) is 0 Å². The minimum absolute atomic E-state index is 0.0661. The molecule has 0 aromatic heterocycles. The highest BCUT2D eigenvalue weighted by atomic mass is 16.6. The molecule has 35 heavy (non-hydrogen) atoms. The summed E-state index contributed by atoms with van der Waals surface area (Å²) < 4.78 is 5.20. The van der Waals surface area contributed by atoms with Crippen LogP contribution in [0.1, 0.15) is 86.5 Å². The van der Waals surface area contributed by atoms with Gasteiger partial charge in [-0.15, -0.1) is 0 Å². The average molecular weight is 484 g/mol. The topological polar surface area (TPSA) is 66.8 Å². The molecular weight excluding hydrogens is 438 g/mol. The highest BCUT2D eigenvalue weighted by molar-refractivity contribution is 5.95. The largest absolute Gasteiger partial charge is 0.508 e. The number of hydrogen-bond donors (Lipinski definition) is 1. The molecular formula is C30H45NO4. The van der Waals surface area contributed by atoms with E-state index in [0.29, 0.717) is 23.8 Å². The predicted molar refractivity (Wildman–Crippen MR) is 143 cm³/mol. The van der Waals surface area contributed by atoms with Gasteiger partial charge < -0.3 is 14.7 Å². The van der Waals surface area contributed by atoms with Crippen LogP contribution in [0, 0.1) is 11.8 Å². The number of nitrogens with zero attached hydrogens (tertiary/aromatic N) is 1. The molecule has 0 saturated carbocycles. The number of aliphatic hydroxyl groups is 1. The summed E-state index contributed by atoms with van der Waals surface area (Å²) in [5, 5.41) is 9.97. The molecule has 5 nitrogen and oxygen atoms in total. The van der Waals surface area contributed by atoms with Gasteiger partial charge in [0.15, 0.2) is 6.10 Å². The summed E-state index contributed by atoms with van der Waals surface area (Å²) in [6.45, 7) is 14.0. The monoisotopic (exact) mass is 483 g/mol. The summed E-state index contributed by atoms with van der Waals surface area (Å²) in [5.41, 5.74) is 3.76. The number of carbonyl (C=O) groups excluding carboxylic acids is 2. The number of carbonyl (C=O) groups is 2. The molecule has 0 aromatic carbocycles. The first-order valence-corrected chi connectivity index (χ1v) is 13.2. The molecule has 0 spiro atoms. The van der Waals surface area contributed by atoms with E-state index < -0.39 is 12.1 Å². The lowest BCUT2D eigenvalue weighted by molar-refractivity contribution is -0.140. The quantitative estimate of drug-likeness (QED) is 0.164. The van der Waals surface area contributed by atoms with E-state index in [4.69, 9.17) is 4.74 Å². The summed E-state index contributed by atoms with van der Waals surface area (Å²) in [6, 6.07) is 0. The lowest BCUT2D eigenvalue weighted by Gasteiger charge is -2.20. The van der Waals surface area contributed by atoms with Crippen LogP contribution in [0.4, 0.5) is 0 Å². The molecule has 194 valence electrons. The number of aliphatic hydroxyl groups excluding tert-OH is 1. The van der Waals surface area contributed by atoms with E-state index in [1.807, 2.05) is 11.8 Å². The molecule has 0 bridgehead atoms. The number of cyclic esters (lactones) is 1. The maximum absolute atomic E-state index is 12.5. The molecule has 3 unspecified atom stereocenters. The van der Waals surface area contributed by atoms with Crippen LogP contribution in [0.5, 0.6) is 0 Å². The maximum Gasteiger partial charge on any atom is 0.338 e. The van der Waals surface area contributed by atoms with Gasteiger partial charge in [-0.05, 0) is 64.7 Å². The van der Waals surface area contributed by atoms with E-state index in [0.717, 1.165) is 62.8 Å². The first kappa shape index (κ1) is 28.7. The van der Waals surface area contributed by atoms with Crippen LogP contribution in [-0.2, 0) is 14.3 Å². The zero-order valence-electron chi connectivity index (χ0n) is 22.6. The van der Waals surface area contributed by atoms with Crippen molar-refractivity contribution < 1.29 is 19.4 Å². The molecule has 3 atom stereocenters. The van der Waals surface area contributed by atoms with Gasteiger partial charge in [0.1, 0.15) is 5.76 Å². The predicted octanol–water partition coefficient (Wildman–Crippen LogP) is 6.98. The summed E-state index contributed by atoms with van der Waals surface area (Å²) in [7, 11) is 0. The smallest absolute Gasteiger partial charge is 0.338 e. The van der Waals surface area contributed by atoms with Crippen LogP contribution in [-0.4, -0.2) is 41.1 Å². The van der Waals surface area contributed by atoms with Crippen molar-refractivity contribution in [3.63, 3.8) is 0 Å². The zero-order valence-corrected chi connectivity index (χ0v) is 22.6. The van der Waals surface area contributed by atoms with E-state index in [1.54, 1.807) is 6.92 Å². The van der Waals surface area contributed by atoms with Crippen LogP contribution in [0.15, 0.2) is 58.4 Å². The number of hydrogen-bond acceptors (Lipinski definition) is 4. The minimum atomic E-state index is -0.532. The molecule has 2 rings (SSSR count). The Morgan fingerprint density at radius 2 is 2.00 bits per heavy atom. The summed E-state index contributed by atoms with van der Waals surface area (Å²) >= 11 is 0. The van der Waals surface area contributed by atoms with Crippen molar-refractivity contribution in [1.29, 1.82) is 0 Å². The van der Waals surface area contributed by atoms with Crippen LogP contribution in [0.2, 0.25) is 0 Å². The summed E-state index contributed by atoms with van der Waals surface area (Å²) in [5.74, 6) is 0.894. The molecule has 0 aliphatic carbocycles. The molecule has 0 radical (unpaired) electrons. The Kier molecular flexibility index (Phi) is 11.6. The molecule has 0 aromatic rings. The van der Waals surface area contributed by atoms with Crippen molar-refractivity contribution in [2.75, 3.05) is 13.1 Å². The van der Waals surface area contributed by atoms with Crippen molar-refractivity contribution in [3.8, 4) is 0 Å². The van der Waals surface area contributed by atoms with Gasteiger partial charge >= 0.3 is 5.97 Å². The number of allylic oxidation sites excluding steroid dienone is 5. The van der Waals surface area contributed by atoms with E-state index >= 15 is 0 Å². The highest BCUT2D eigenvalue weighted by Gasteiger charge is 2.31. The van der Waals surface area contributed by atoms with Crippen LogP contribution >= 0.6 is 0 Å². The number of esters is 1. The van der Waals surface area contributed by atoms with E-state index in [9.17, 15) is 14.7 Å². The van der Waals surface area contributed by atoms with Crippen molar-refractivity contribution in [1.82, 2.24) is 4.90 Å². The van der Waals surface area contributed by atoms with Crippen molar-refractivity contribution in [2.45, 2.75) is 92.6 Å². The van der Waals surface area contributed by atoms with E-state index in [2.05, 4.69) is 58.1 Å². The van der Waals surface area contributed by atoms with Gasteiger partial charge in [-0.25, -0.2) is 4.79 Å². The highest BCUT2D eigenvalue weighted by Crippen LogP contribution is 2.25. The van der Waals surface area contributed by atoms with Gasteiger partial charge in [0.05, 0.1) is 5.57 Å². The molecule has 2 aliphatic heterocycles. The van der Waals surface area contributed by atoms with Gasteiger partial charge in [-0.2, -0.15) is 0 Å². The van der Waals surface area contributed by atoms with E-state index in [1.165, 1.54) is 5.57 Å². The second-order valence-corrected chi connectivity index (χ2v) is 10.4. The van der Waals surface area contributed by atoms with Gasteiger partial charge in [0.25, 0.3) is 0 Å². The van der Waals surface area contributed by atoms with Crippen LogP contribution < -0.4 is 0 Å². The SMILES string of the molecule is CCC(C)CN1CC=C(CCCC(C)=CC=CC(C)CCC=C(C)CC2OC(=O)C(C)=C2O)C1=O. The molecule has 5 heteroatoms. The minimum Gasteiger partial charge on any atom is -0.508 e. The second-order valence-electron chi connectivity index (χ2n) is 10.4. The Bertz CT molecular complexity index is 905. The standard InChI is InChI=1S/C30H45NO4/c1-7-21(2)20-31-18-17-26(29(31)33)16-10-14-23(4)12-8-11-22(3)13-9-15-24(5)19-27-28(32)25(6)30(34)35-27/h8,11-12,15,17,21-22,27,32H,7,9-10,13-14,16,18-20H2,1-6H3. The van der Waals surface area contributed by atoms with E-state index in [-0.39, 0.29) is 11.7 Å². The average Bonchev–Trinajstić information content (AvgIpc) is 3.27. The van der Waals surface area contributed by atoms with Crippen LogP contribution in [0.3, 0.4) is 0 Å². The molecule has 0 saturated heterocycles. The Morgan fingerprint density at radius 3 is 2.66 bits per heavy atom. The lowest BCUT2D eigenvalue weighted by atomic mass is 10.0. The molecule has 2 aliphatic rings. The normalized spacial score (nSPS) is 21.3. The van der Waals surface area contributed by atoms with Crippen molar-refractivity contribution in [3.05, 3.63) is 58.4 Å². The fourth-order valence-electron chi connectivity index (χ4n) is 4.34. The third-order valence-electron chi connectivity index (χ3n) is 7.05.